The van der Waals surface area contributed by atoms with E-state index in [4.69, 9.17) is 9.84 Å². The van der Waals surface area contributed by atoms with Crippen LogP contribution in [0.3, 0.4) is 0 Å². The van der Waals surface area contributed by atoms with Gasteiger partial charge in [-0.1, -0.05) is 6.07 Å². The molecule has 120 valence electrons. The van der Waals surface area contributed by atoms with Gasteiger partial charge in [-0.05, 0) is 57.0 Å². The number of likely N-dealkylation sites (tertiary alicyclic amines) is 1. The zero-order chi connectivity index (χ0) is 16.3. The average molecular weight is 305 g/mol. The summed E-state index contributed by atoms with van der Waals surface area (Å²) < 4.78 is 5.37. The first-order valence-corrected chi connectivity index (χ1v) is 7.56. The summed E-state index contributed by atoms with van der Waals surface area (Å²) in [7, 11) is 1.58. The van der Waals surface area contributed by atoms with Crippen molar-refractivity contribution in [1.82, 2.24) is 4.90 Å². The van der Waals surface area contributed by atoms with Gasteiger partial charge in [0.05, 0.1) is 25.1 Å². The predicted molar refractivity (Wildman–Crippen MR) is 83.6 cm³/mol. The molecule has 1 heterocycles. The van der Waals surface area contributed by atoms with Crippen LogP contribution in [0, 0.1) is 19.8 Å². The molecule has 1 aromatic rings. The third kappa shape index (κ3) is 3.65. The predicted octanol–water partition coefficient (Wildman–Crippen LogP) is 2.29. The molecular weight excluding hydrogens is 282 g/mol. The van der Waals surface area contributed by atoms with Crippen LogP contribution in [0.5, 0.6) is 5.75 Å². The molecule has 1 saturated heterocycles. The van der Waals surface area contributed by atoms with Crippen molar-refractivity contribution in [3.05, 3.63) is 28.8 Å². The van der Waals surface area contributed by atoms with E-state index in [1.165, 1.54) is 0 Å². The number of ether oxygens (including phenoxy) is 1. The van der Waals surface area contributed by atoms with Crippen LogP contribution in [0.25, 0.3) is 0 Å². The Morgan fingerprint density at radius 3 is 2.45 bits per heavy atom. The van der Waals surface area contributed by atoms with Crippen LogP contribution in [0.2, 0.25) is 0 Å². The average Bonchev–Trinajstić information content (AvgIpc) is 2.47. The molecule has 0 spiro atoms. The largest absolute Gasteiger partial charge is 0.496 e. The molecule has 0 atom stereocenters. The van der Waals surface area contributed by atoms with E-state index < -0.39 is 5.97 Å². The number of rotatable bonds is 5. The molecule has 1 N–H and O–H groups in total. The second-order valence-electron chi connectivity index (χ2n) is 5.97. The van der Waals surface area contributed by atoms with Crippen molar-refractivity contribution in [2.24, 2.45) is 5.92 Å². The lowest BCUT2D eigenvalue weighted by Crippen LogP contribution is -2.39. The number of Topliss-reactive ketones (excluding diaryl/α,β-unsaturated/α-hetero) is 1. The van der Waals surface area contributed by atoms with Crippen molar-refractivity contribution in [3.63, 3.8) is 0 Å². The van der Waals surface area contributed by atoms with Gasteiger partial charge < -0.3 is 9.84 Å². The van der Waals surface area contributed by atoms with E-state index in [1.807, 2.05) is 30.9 Å². The lowest BCUT2D eigenvalue weighted by molar-refractivity contribution is -0.143. The molecule has 1 aliphatic rings. The number of carboxylic acid groups (broad SMARTS) is 1. The van der Waals surface area contributed by atoms with Crippen LogP contribution in [0.1, 0.15) is 34.3 Å². The van der Waals surface area contributed by atoms with Crippen LogP contribution < -0.4 is 4.74 Å². The third-order valence-electron chi connectivity index (χ3n) is 4.23. The normalized spacial score (nSPS) is 16.5. The molecule has 0 aromatic heterocycles. The monoisotopic (exact) mass is 305 g/mol. The first kappa shape index (κ1) is 16.5. The summed E-state index contributed by atoms with van der Waals surface area (Å²) in [5, 5.41) is 9.01. The lowest BCUT2D eigenvalue weighted by Gasteiger charge is -2.29. The van der Waals surface area contributed by atoms with Crippen molar-refractivity contribution in [1.29, 1.82) is 0 Å². The Kier molecular flexibility index (Phi) is 5.19. The van der Waals surface area contributed by atoms with E-state index in [1.54, 1.807) is 7.11 Å². The zero-order valence-electron chi connectivity index (χ0n) is 13.4. The molecule has 0 aliphatic carbocycles. The van der Waals surface area contributed by atoms with Crippen molar-refractivity contribution in [2.45, 2.75) is 26.7 Å². The number of aliphatic carboxylic acids is 1. The number of carbonyl (C=O) groups excluding carboxylic acids is 1. The van der Waals surface area contributed by atoms with Crippen LogP contribution in [-0.2, 0) is 4.79 Å². The molecule has 5 heteroatoms. The molecule has 2 rings (SSSR count). The van der Waals surface area contributed by atoms with E-state index in [0.29, 0.717) is 43.8 Å². The summed E-state index contributed by atoms with van der Waals surface area (Å²) in [5.74, 6) is -0.350. The molecule has 0 unspecified atom stereocenters. The molecule has 0 bridgehead atoms. The van der Waals surface area contributed by atoms with Crippen LogP contribution in [0.4, 0.5) is 0 Å². The quantitative estimate of drug-likeness (QED) is 0.845. The number of ketones is 1. The maximum Gasteiger partial charge on any atom is 0.306 e. The fourth-order valence-corrected chi connectivity index (χ4v) is 3.06. The van der Waals surface area contributed by atoms with E-state index >= 15 is 0 Å². The number of methoxy groups -OCH3 is 1. The van der Waals surface area contributed by atoms with Gasteiger partial charge in [-0.2, -0.15) is 0 Å². The minimum Gasteiger partial charge on any atom is -0.496 e. The molecule has 0 amide bonds. The van der Waals surface area contributed by atoms with E-state index in [9.17, 15) is 9.59 Å². The van der Waals surface area contributed by atoms with E-state index in [-0.39, 0.29) is 11.7 Å². The fraction of sp³-hybridized carbons (Fsp3) is 0.529. The second-order valence-corrected chi connectivity index (χ2v) is 5.97. The SMILES string of the molecule is COc1c(C)cc(C)cc1C(=O)CN1CCC(C(=O)O)CC1. The van der Waals surface area contributed by atoms with Gasteiger partial charge in [-0.15, -0.1) is 0 Å². The maximum absolute atomic E-state index is 12.6. The van der Waals surface area contributed by atoms with Gasteiger partial charge >= 0.3 is 5.97 Å². The first-order chi connectivity index (χ1) is 10.4. The van der Waals surface area contributed by atoms with Crippen molar-refractivity contribution in [2.75, 3.05) is 26.7 Å². The number of carboxylic acids is 1. The number of aryl methyl sites for hydroxylation is 2. The van der Waals surface area contributed by atoms with Gasteiger partial charge in [0.15, 0.2) is 5.78 Å². The number of hydrogen-bond acceptors (Lipinski definition) is 4. The molecule has 0 saturated carbocycles. The molecule has 1 aromatic carbocycles. The number of piperidine rings is 1. The van der Waals surface area contributed by atoms with Crippen molar-refractivity contribution in [3.8, 4) is 5.75 Å². The second kappa shape index (κ2) is 6.92. The fourth-order valence-electron chi connectivity index (χ4n) is 3.06. The smallest absolute Gasteiger partial charge is 0.306 e. The van der Waals surface area contributed by atoms with Gasteiger partial charge in [0.2, 0.25) is 0 Å². The summed E-state index contributed by atoms with van der Waals surface area (Å²) in [6.07, 6.45) is 1.21. The Morgan fingerprint density at radius 2 is 1.91 bits per heavy atom. The van der Waals surface area contributed by atoms with Gasteiger partial charge in [0.25, 0.3) is 0 Å². The van der Waals surface area contributed by atoms with E-state index in [2.05, 4.69) is 0 Å². The number of benzene rings is 1. The maximum atomic E-state index is 12.6. The van der Waals surface area contributed by atoms with Crippen LogP contribution in [-0.4, -0.2) is 48.5 Å². The third-order valence-corrected chi connectivity index (χ3v) is 4.23. The highest BCUT2D eigenvalue weighted by Crippen LogP contribution is 2.26. The van der Waals surface area contributed by atoms with Crippen LogP contribution in [0.15, 0.2) is 12.1 Å². The molecule has 1 aliphatic heterocycles. The first-order valence-electron chi connectivity index (χ1n) is 7.56. The molecule has 5 nitrogen and oxygen atoms in total. The van der Waals surface area contributed by atoms with Crippen molar-refractivity contribution < 1.29 is 19.4 Å². The molecular formula is C17H23NO4. The van der Waals surface area contributed by atoms with Gasteiger partial charge in [-0.3, -0.25) is 14.5 Å². The number of carbonyl (C=O) groups is 2. The molecule has 1 fully saturated rings. The highest BCUT2D eigenvalue weighted by molar-refractivity contribution is 6.00. The van der Waals surface area contributed by atoms with Crippen molar-refractivity contribution >= 4 is 11.8 Å². The number of hydrogen-bond donors (Lipinski definition) is 1. The Bertz CT molecular complexity index is 574. The Morgan fingerprint density at radius 1 is 1.27 bits per heavy atom. The summed E-state index contributed by atoms with van der Waals surface area (Å²) in [5.41, 5.74) is 2.60. The summed E-state index contributed by atoms with van der Waals surface area (Å²) >= 11 is 0. The highest BCUT2D eigenvalue weighted by Gasteiger charge is 2.26. The summed E-state index contributed by atoms with van der Waals surface area (Å²) in [6, 6.07) is 3.85. The molecule has 0 radical (unpaired) electrons. The Labute approximate surface area is 130 Å². The topological polar surface area (TPSA) is 66.8 Å². The Balaban J connectivity index is 2.06. The van der Waals surface area contributed by atoms with E-state index in [0.717, 1.165) is 11.1 Å². The highest BCUT2D eigenvalue weighted by atomic mass is 16.5. The number of nitrogens with zero attached hydrogens (tertiary/aromatic N) is 1. The summed E-state index contributed by atoms with van der Waals surface area (Å²) in [6.45, 7) is 5.50. The molecule has 22 heavy (non-hydrogen) atoms. The minimum atomic E-state index is -0.734. The summed E-state index contributed by atoms with van der Waals surface area (Å²) in [4.78, 5) is 25.6. The van der Waals surface area contributed by atoms with Gasteiger partial charge in [-0.25, -0.2) is 0 Å². The Hall–Kier alpha value is -1.88. The minimum absolute atomic E-state index is 0.0254. The zero-order valence-corrected chi connectivity index (χ0v) is 13.4. The van der Waals surface area contributed by atoms with Crippen LogP contribution >= 0.6 is 0 Å². The standard InChI is InChI=1S/C17H23NO4/c1-11-8-12(2)16(22-3)14(9-11)15(19)10-18-6-4-13(5-7-18)17(20)21/h8-9,13H,4-7,10H2,1-3H3,(H,20,21). The van der Waals surface area contributed by atoms with Gasteiger partial charge in [0.1, 0.15) is 5.75 Å². The van der Waals surface area contributed by atoms with Gasteiger partial charge in [0, 0.05) is 0 Å². The lowest BCUT2D eigenvalue weighted by atomic mass is 9.96.